The summed E-state index contributed by atoms with van der Waals surface area (Å²) in [4.78, 5) is 26.2. The first-order valence-corrected chi connectivity index (χ1v) is 11.6. The summed E-state index contributed by atoms with van der Waals surface area (Å²) < 4.78 is 6.36. The number of rotatable bonds is 8. The quantitative estimate of drug-likeness (QED) is 0.371. The molecule has 0 saturated carbocycles. The number of aliphatic hydroxyl groups is 1. The molecule has 5 rings (SSSR count). The monoisotopic (exact) mass is 463 g/mol. The highest BCUT2D eigenvalue weighted by molar-refractivity contribution is 6.21. The van der Waals surface area contributed by atoms with Crippen LogP contribution in [0.2, 0.25) is 0 Å². The molecule has 4 aromatic rings. The highest BCUT2D eigenvalue weighted by Gasteiger charge is 2.36. The van der Waals surface area contributed by atoms with E-state index in [0.29, 0.717) is 23.3 Å². The minimum absolute atomic E-state index is 0.0469. The molecule has 0 bridgehead atoms. The van der Waals surface area contributed by atoms with Gasteiger partial charge >= 0.3 is 0 Å². The van der Waals surface area contributed by atoms with Gasteiger partial charge in [-0.2, -0.15) is 0 Å². The molecular formula is C30H25NO4. The maximum Gasteiger partial charge on any atom is 0.261 e. The number of fused-ring (bicyclic) bond motifs is 1. The first-order chi connectivity index (χ1) is 17.1. The van der Waals surface area contributed by atoms with E-state index in [4.69, 9.17) is 4.74 Å². The van der Waals surface area contributed by atoms with Gasteiger partial charge in [0.15, 0.2) is 0 Å². The lowest BCUT2D eigenvalue weighted by Gasteiger charge is -2.21. The van der Waals surface area contributed by atoms with E-state index in [-0.39, 0.29) is 24.5 Å². The second-order valence-corrected chi connectivity index (χ2v) is 8.59. The van der Waals surface area contributed by atoms with Gasteiger partial charge in [-0.3, -0.25) is 14.5 Å². The van der Waals surface area contributed by atoms with Crippen molar-refractivity contribution in [2.75, 3.05) is 6.54 Å². The summed E-state index contributed by atoms with van der Waals surface area (Å²) in [5.74, 6) is -0.0104. The summed E-state index contributed by atoms with van der Waals surface area (Å²) >= 11 is 0. The Labute approximate surface area is 204 Å². The Morgan fingerprint density at radius 2 is 1.14 bits per heavy atom. The van der Waals surface area contributed by atoms with Crippen molar-refractivity contribution in [3.05, 3.63) is 137 Å². The second-order valence-electron chi connectivity index (χ2n) is 8.59. The Kier molecular flexibility index (Phi) is 6.42. The van der Waals surface area contributed by atoms with Gasteiger partial charge in [-0.25, -0.2) is 0 Å². The molecule has 0 fully saturated rings. The van der Waals surface area contributed by atoms with Crippen LogP contribution in [0.3, 0.4) is 0 Å². The van der Waals surface area contributed by atoms with Gasteiger partial charge in [-0.1, -0.05) is 84.9 Å². The smallest absolute Gasteiger partial charge is 0.261 e. The van der Waals surface area contributed by atoms with E-state index < -0.39 is 6.10 Å². The van der Waals surface area contributed by atoms with Crippen LogP contribution in [0.25, 0.3) is 0 Å². The van der Waals surface area contributed by atoms with E-state index >= 15 is 0 Å². The molecule has 1 atom stereocenters. The number of ether oxygens (including phenoxy) is 1. The summed E-state index contributed by atoms with van der Waals surface area (Å²) in [6, 6.07) is 34.4. The summed E-state index contributed by atoms with van der Waals surface area (Å²) in [6.07, 6.45) is -0.804. The van der Waals surface area contributed by atoms with Crippen molar-refractivity contribution in [3.63, 3.8) is 0 Å². The van der Waals surface area contributed by atoms with Crippen LogP contribution >= 0.6 is 0 Å². The first-order valence-electron chi connectivity index (χ1n) is 11.6. The first kappa shape index (κ1) is 22.6. The van der Waals surface area contributed by atoms with Crippen molar-refractivity contribution < 1.29 is 19.4 Å². The summed E-state index contributed by atoms with van der Waals surface area (Å²) in [5, 5.41) is 10.6. The molecule has 0 spiro atoms. The number of carbonyl (C=O) groups is 2. The predicted molar refractivity (Wildman–Crippen MR) is 133 cm³/mol. The van der Waals surface area contributed by atoms with Gasteiger partial charge < -0.3 is 9.84 Å². The third-order valence-electron chi connectivity index (χ3n) is 6.12. The Hall–Kier alpha value is -4.22. The molecular weight excluding hydrogens is 438 g/mol. The average molecular weight is 464 g/mol. The molecule has 1 aliphatic heterocycles. The molecule has 0 unspecified atom stereocenters. The van der Waals surface area contributed by atoms with Gasteiger partial charge in [0.05, 0.1) is 23.8 Å². The summed E-state index contributed by atoms with van der Waals surface area (Å²) in [7, 11) is 0. The van der Waals surface area contributed by atoms with Gasteiger partial charge in [0, 0.05) is 6.42 Å². The normalized spacial score (nSPS) is 13.7. The molecule has 5 heteroatoms. The number of imide groups is 1. The Morgan fingerprint density at radius 1 is 0.657 bits per heavy atom. The summed E-state index contributed by atoms with van der Waals surface area (Å²) in [6.45, 7) is -0.0469. The van der Waals surface area contributed by atoms with Crippen molar-refractivity contribution in [2.24, 2.45) is 0 Å². The van der Waals surface area contributed by atoms with Crippen LogP contribution in [-0.2, 0) is 6.42 Å². The van der Waals surface area contributed by atoms with Crippen molar-refractivity contribution >= 4 is 11.8 Å². The number of nitrogens with zero attached hydrogens (tertiary/aromatic N) is 1. The molecule has 2 amide bonds. The minimum Gasteiger partial charge on any atom is -0.481 e. The lowest BCUT2D eigenvalue weighted by atomic mass is 10.0. The number of β-amino-alcohol motifs (C(OH)–C–C–N with tert-alkyl or cyclic N) is 1. The highest BCUT2D eigenvalue weighted by atomic mass is 16.5. The fourth-order valence-electron chi connectivity index (χ4n) is 4.38. The molecule has 1 aliphatic rings. The van der Waals surface area contributed by atoms with Crippen LogP contribution in [0.5, 0.6) is 5.75 Å². The van der Waals surface area contributed by atoms with Crippen molar-refractivity contribution in [1.29, 1.82) is 0 Å². The SMILES string of the molecule is O=C1c2ccccc2C(=O)N1C[C@@H](O)Cc1ccc(OC(c2ccccc2)c2ccccc2)cc1. The van der Waals surface area contributed by atoms with Crippen LogP contribution in [0.15, 0.2) is 109 Å². The average Bonchev–Trinajstić information content (AvgIpc) is 3.14. The van der Waals surface area contributed by atoms with E-state index in [0.717, 1.165) is 21.6 Å². The maximum atomic E-state index is 12.6. The standard InChI is InChI=1S/C30H25NO4/c32-24(20-31-29(33)26-13-7-8-14-27(26)30(31)34)19-21-15-17-25(18-16-21)35-28(22-9-3-1-4-10-22)23-11-5-2-6-12-23/h1-18,24,28,32H,19-20H2/t24-/m0/s1. The van der Waals surface area contributed by atoms with Crippen molar-refractivity contribution in [3.8, 4) is 5.75 Å². The molecule has 35 heavy (non-hydrogen) atoms. The molecule has 0 saturated heterocycles. The van der Waals surface area contributed by atoms with E-state index in [1.165, 1.54) is 0 Å². The number of amides is 2. The molecule has 4 aromatic carbocycles. The Morgan fingerprint density at radius 3 is 1.66 bits per heavy atom. The number of benzene rings is 4. The summed E-state index contributed by atoms with van der Waals surface area (Å²) in [5.41, 5.74) is 3.77. The van der Waals surface area contributed by atoms with Gasteiger partial charge in [-0.15, -0.1) is 0 Å². The van der Waals surface area contributed by atoms with Crippen LogP contribution in [0.1, 0.15) is 43.5 Å². The van der Waals surface area contributed by atoms with Crippen LogP contribution in [0, 0.1) is 0 Å². The molecule has 0 aliphatic carbocycles. The number of carbonyl (C=O) groups excluding carboxylic acids is 2. The topological polar surface area (TPSA) is 66.8 Å². The van der Waals surface area contributed by atoms with Gasteiger partial charge in [-0.05, 0) is 41.0 Å². The zero-order valence-electron chi connectivity index (χ0n) is 19.1. The van der Waals surface area contributed by atoms with Gasteiger partial charge in [0.25, 0.3) is 11.8 Å². The molecule has 0 radical (unpaired) electrons. The minimum atomic E-state index is -0.870. The lowest BCUT2D eigenvalue weighted by Crippen LogP contribution is -2.37. The van der Waals surface area contributed by atoms with Crippen LogP contribution in [0.4, 0.5) is 0 Å². The predicted octanol–water partition coefficient (Wildman–Crippen LogP) is 5.05. The third-order valence-corrected chi connectivity index (χ3v) is 6.12. The number of hydrogen-bond donors (Lipinski definition) is 1. The lowest BCUT2D eigenvalue weighted by molar-refractivity contribution is 0.0544. The van der Waals surface area contributed by atoms with Crippen molar-refractivity contribution in [2.45, 2.75) is 18.6 Å². The van der Waals surface area contributed by atoms with E-state index in [9.17, 15) is 14.7 Å². The van der Waals surface area contributed by atoms with Gasteiger partial charge in [0.1, 0.15) is 11.9 Å². The second kappa shape index (κ2) is 9.95. The number of hydrogen-bond acceptors (Lipinski definition) is 4. The van der Waals surface area contributed by atoms with Crippen molar-refractivity contribution in [1.82, 2.24) is 4.90 Å². The molecule has 174 valence electrons. The van der Waals surface area contributed by atoms with Gasteiger partial charge in [0.2, 0.25) is 0 Å². The highest BCUT2D eigenvalue weighted by Crippen LogP contribution is 2.29. The van der Waals surface area contributed by atoms with E-state index in [1.54, 1.807) is 24.3 Å². The van der Waals surface area contributed by atoms with Crippen LogP contribution in [-0.4, -0.2) is 34.5 Å². The molecule has 5 nitrogen and oxygen atoms in total. The Balaban J connectivity index is 1.25. The Bertz CT molecular complexity index is 1250. The van der Waals surface area contributed by atoms with Crippen LogP contribution < -0.4 is 4.74 Å². The molecule has 1 heterocycles. The fourth-order valence-corrected chi connectivity index (χ4v) is 4.38. The van der Waals surface area contributed by atoms with E-state index in [2.05, 4.69) is 0 Å². The largest absolute Gasteiger partial charge is 0.481 e. The molecule has 0 aromatic heterocycles. The number of aliphatic hydroxyl groups excluding tert-OH is 1. The third kappa shape index (κ3) is 4.86. The maximum absolute atomic E-state index is 12.6. The van der Waals surface area contributed by atoms with E-state index in [1.807, 2.05) is 84.9 Å². The zero-order chi connectivity index (χ0) is 24.2. The fraction of sp³-hybridized carbons (Fsp3) is 0.133. The zero-order valence-corrected chi connectivity index (χ0v) is 19.1. The molecule has 1 N–H and O–H groups in total.